The fourth-order valence-corrected chi connectivity index (χ4v) is 5.98. The lowest BCUT2D eigenvalue weighted by atomic mass is 10.1. The maximum atomic E-state index is 13.1. The SMILES string of the molecule is C[C@H]1Oc2ccccc2O[C@@H]1C(=O)N1CCN(c2nc3c(S(C)(=O)=O)cccc3s2)CC1. The van der Waals surface area contributed by atoms with E-state index in [-0.39, 0.29) is 16.9 Å². The summed E-state index contributed by atoms with van der Waals surface area (Å²) in [6.45, 7) is 4.12. The van der Waals surface area contributed by atoms with E-state index in [1.807, 2.05) is 31.2 Å². The van der Waals surface area contributed by atoms with E-state index in [1.54, 1.807) is 23.1 Å². The first kappa shape index (κ1) is 21.0. The van der Waals surface area contributed by atoms with Crippen LogP contribution in [-0.2, 0) is 14.6 Å². The number of benzene rings is 2. The van der Waals surface area contributed by atoms with Gasteiger partial charge in [-0.25, -0.2) is 13.4 Å². The molecule has 1 saturated heterocycles. The number of anilines is 1. The van der Waals surface area contributed by atoms with E-state index < -0.39 is 15.9 Å². The smallest absolute Gasteiger partial charge is 0.267 e. The fourth-order valence-electron chi connectivity index (χ4n) is 4.03. The van der Waals surface area contributed by atoms with Crippen LogP contribution in [0.15, 0.2) is 47.4 Å². The monoisotopic (exact) mass is 473 g/mol. The second-order valence-corrected chi connectivity index (χ2v) is 11.0. The standard InChI is InChI=1S/C22H23N3O5S2/c1-14-20(30-16-7-4-3-6-15(16)29-14)21(26)24-10-12-25(13-11-24)22-23-19-17(31-22)8-5-9-18(19)32(2,27)28/h3-9,14,20H,10-13H2,1-2H3/t14-,20+/m1/s1. The average molecular weight is 474 g/mol. The lowest BCUT2D eigenvalue weighted by Crippen LogP contribution is -2.56. The summed E-state index contributed by atoms with van der Waals surface area (Å²) in [6.07, 6.45) is 0.132. The molecule has 1 amide bonds. The molecule has 0 N–H and O–H groups in total. The normalized spacial score (nSPS) is 21.1. The Kier molecular flexibility index (Phi) is 5.21. The van der Waals surface area contributed by atoms with E-state index in [4.69, 9.17) is 9.47 Å². The van der Waals surface area contributed by atoms with Crippen molar-refractivity contribution in [3.63, 3.8) is 0 Å². The highest BCUT2D eigenvalue weighted by atomic mass is 32.2. The molecule has 2 aromatic carbocycles. The van der Waals surface area contributed by atoms with Crippen LogP contribution < -0.4 is 14.4 Å². The van der Waals surface area contributed by atoms with Crippen LogP contribution in [0.5, 0.6) is 11.5 Å². The average Bonchev–Trinajstić information content (AvgIpc) is 3.22. The molecule has 8 nitrogen and oxygen atoms in total. The zero-order valence-corrected chi connectivity index (χ0v) is 19.4. The van der Waals surface area contributed by atoms with Crippen LogP contribution in [0.1, 0.15) is 6.92 Å². The zero-order chi connectivity index (χ0) is 22.5. The third-order valence-corrected chi connectivity index (χ3v) is 7.93. The van der Waals surface area contributed by atoms with E-state index in [0.717, 1.165) is 9.83 Å². The summed E-state index contributed by atoms with van der Waals surface area (Å²) in [7, 11) is -3.36. The Bertz CT molecular complexity index is 1280. The topological polar surface area (TPSA) is 89.0 Å². The Morgan fingerprint density at radius 1 is 1.03 bits per heavy atom. The van der Waals surface area contributed by atoms with Crippen LogP contribution in [0.3, 0.4) is 0 Å². The largest absolute Gasteiger partial charge is 0.482 e. The van der Waals surface area contributed by atoms with E-state index >= 15 is 0 Å². The summed E-state index contributed by atoms with van der Waals surface area (Å²) in [5, 5.41) is 0.766. The van der Waals surface area contributed by atoms with Gasteiger partial charge in [0.15, 0.2) is 26.5 Å². The minimum Gasteiger partial charge on any atom is -0.482 e. The summed E-state index contributed by atoms with van der Waals surface area (Å²) >= 11 is 1.47. The molecule has 5 rings (SSSR count). The molecule has 32 heavy (non-hydrogen) atoms. The van der Waals surface area contributed by atoms with Crippen molar-refractivity contribution in [1.82, 2.24) is 9.88 Å². The molecule has 3 heterocycles. The number of aromatic nitrogens is 1. The van der Waals surface area contributed by atoms with E-state index in [1.165, 1.54) is 17.6 Å². The first-order valence-electron chi connectivity index (χ1n) is 10.4. The van der Waals surface area contributed by atoms with Gasteiger partial charge < -0.3 is 19.3 Å². The summed E-state index contributed by atoms with van der Waals surface area (Å²) < 4.78 is 36.9. The molecule has 2 atom stereocenters. The van der Waals surface area contributed by atoms with E-state index in [2.05, 4.69) is 9.88 Å². The molecule has 2 aliphatic rings. The van der Waals surface area contributed by atoms with Crippen molar-refractivity contribution >= 4 is 42.4 Å². The molecule has 3 aromatic rings. The number of hydrogen-bond donors (Lipinski definition) is 0. The van der Waals surface area contributed by atoms with Crippen LogP contribution in [0.25, 0.3) is 10.2 Å². The summed E-state index contributed by atoms with van der Waals surface area (Å²) in [5.41, 5.74) is 0.508. The highest BCUT2D eigenvalue weighted by Gasteiger charge is 2.38. The summed E-state index contributed by atoms with van der Waals surface area (Å²) in [6, 6.07) is 12.6. The fraction of sp³-hybridized carbons (Fsp3) is 0.364. The summed E-state index contributed by atoms with van der Waals surface area (Å²) in [4.78, 5) is 21.9. The maximum absolute atomic E-state index is 13.1. The molecular weight excluding hydrogens is 450 g/mol. The first-order valence-corrected chi connectivity index (χ1v) is 13.1. The van der Waals surface area contributed by atoms with E-state index in [9.17, 15) is 13.2 Å². The molecular formula is C22H23N3O5S2. The lowest BCUT2D eigenvalue weighted by molar-refractivity contribution is -0.144. The van der Waals surface area contributed by atoms with Crippen LogP contribution >= 0.6 is 11.3 Å². The van der Waals surface area contributed by atoms with Gasteiger partial charge in [-0.3, -0.25) is 4.79 Å². The Labute approximate surface area is 190 Å². The Balaban J connectivity index is 1.29. The van der Waals surface area contributed by atoms with Gasteiger partial charge >= 0.3 is 0 Å². The number of ether oxygens (including phenoxy) is 2. The molecule has 10 heteroatoms. The molecule has 1 aromatic heterocycles. The van der Waals surface area contributed by atoms with Gasteiger partial charge in [0.05, 0.1) is 9.60 Å². The second kappa shape index (κ2) is 7.93. The highest BCUT2D eigenvalue weighted by Crippen LogP contribution is 2.35. The molecule has 2 aliphatic heterocycles. The molecule has 0 spiro atoms. The third kappa shape index (κ3) is 3.77. The molecule has 0 saturated carbocycles. The van der Waals surface area contributed by atoms with Gasteiger partial charge in [0, 0.05) is 32.4 Å². The number of fused-ring (bicyclic) bond motifs is 2. The van der Waals surface area contributed by atoms with Gasteiger partial charge in [-0.1, -0.05) is 29.5 Å². The molecule has 0 radical (unpaired) electrons. The van der Waals surface area contributed by atoms with Crippen molar-refractivity contribution < 1.29 is 22.7 Å². The lowest BCUT2D eigenvalue weighted by Gasteiger charge is -2.38. The number of thiazole rings is 1. The maximum Gasteiger partial charge on any atom is 0.267 e. The zero-order valence-electron chi connectivity index (χ0n) is 17.7. The number of sulfone groups is 1. The quantitative estimate of drug-likeness (QED) is 0.578. The van der Waals surface area contributed by atoms with E-state index in [0.29, 0.717) is 43.2 Å². The van der Waals surface area contributed by atoms with Gasteiger partial charge in [-0.15, -0.1) is 0 Å². The van der Waals surface area contributed by atoms with Gasteiger partial charge in [-0.2, -0.15) is 0 Å². The predicted molar refractivity (Wildman–Crippen MR) is 122 cm³/mol. The number of nitrogens with zero attached hydrogens (tertiary/aromatic N) is 3. The number of para-hydroxylation sites is 3. The molecule has 1 fully saturated rings. The van der Waals surface area contributed by atoms with Crippen molar-refractivity contribution in [2.24, 2.45) is 0 Å². The van der Waals surface area contributed by atoms with Crippen molar-refractivity contribution in [3.8, 4) is 11.5 Å². The molecule has 0 unspecified atom stereocenters. The molecule has 0 aliphatic carbocycles. The summed E-state index contributed by atoms with van der Waals surface area (Å²) in [5.74, 6) is 1.15. The van der Waals surface area contributed by atoms with Gasteiger partial charge in [0.2, 0.25) is 6.10 Å². The van der Waals surface area contributed by atoms with Gasteiger partial charge in [0.25, 0.3) is 5.91 Å². The number of carbonyl (C=O) groups excluding carboxylic acids is 1. The third-order valence-electron chi connectivity index (χ3n) is 5.72. The van der Waals surface area contributed by atoms with Crippen LogP contribution in [0, 0.1) is 0 Å². The Hall–Kier alpha value is -2.85. The second-order valence-electron chi connectivity index (χ2n) is 7.99. The van der Waals surface area contributed by atoms with Crippen molar-refractivity contribution in [2.75, 3.05) is 37.3 Å². The minimum absolute atomic E-state index is 0.0877. The number of hydrogen-bond acceptors (Lipinski definition) is 8. The molecule has 0 bridgehead atoms. The number of carbonyl (C=O) groups is 1. The number of amides is 1. The Morgan fingerprint density at radius 2 is 1.72 bits per heavy atom. The highest BCUT2D eigenvalue weighted by molar-refractivity contribution is 7.91. The number of rotatable bonds is 3. The van der Waals surface area contributed by atoms with Crippen molar-refractivity contribution in [2.45, 2.75) is 24.0 Å². The van der Waals surface area contributed by atoms with Crippen molar-refractivity contribution in [3.05, 3.63) is 42.5 Å². The Morgan fingerprint density at radius 3 is 2.41 bits per heavy atom. The van der Waals surface area contributed by atoms with Gasteiger partial charge in [-0.05, 0) is 31.2 Å². The van der Waals surface area contributed by atoms with Crippen LogP contribution in [0.2, 0.25) is 0 Å². The molecule has 168 valence electrons. The predicted octanol–water partition coefficient (Wildman–Crippen LogP) is 2.58. The van der Waals surface area contributed by atoms with Gasteiger partial charge in [0.1, 0.15) is 11.6 Å². The first-order chi connectivity index (χ1) is 15.3. The van der Waals surface area contributed by atoms with Crippen LogP contribution in [0.4, 0.5) is 5.13 Å². The van der Waals surface area contributed by atoms with Crippen molar-refractivity contribution in [1.29, 1.82) is 0 Å². The van der Waals surface area contributed by atoms with Crippen LogP contribution in [-0.4, -0.2) is 68.9 Å². The number of piperazine rings is 1. The minimum atomic E-state index is -3.36.